The number of nitrogens with one attached hydrogen (secondary N) is 1. The lowest BCUT2D eigenvalue weighted by molar-refractivity contribution is -0.114. The Hall–Kier alpha value is -2.84. The van der Waals surface area contributed by atoms with E-state index in [1.54, 1.807) is 60.7 Å². The van der Waals surface area contributed by atoms with Crippen molar-refractivity contribution in [3.63, 3.8) is 0 Å². The van der Waals surface area contributed by atoms with Crippen LogP contribution >= 0.6 is 15.9 Å². The number of para-hydroxylation sites is 2. The molecule has 0 unspecified atom stereocenters. The summed E-state index contributed by atoms with van der Waals surface area (Å²) in [5.74, 6) is -0.0892. The molecule has 3 rings (SSSR count). The summed E-state index contributed by atoms with van der Waals surface area (Å²) in [6.07, 6.45) is 0. The normalized spacial score (nSPS) is 11.0. The predicted octanol–water partition coefficient (Wildman–Crippen LogP) is 4.68. The number of anilines is 2. The van der Waals surface area contributed by atoms with Gasteiger partial charge >= 0.3 is 0 Å². The molecule has 0 atom stereocenters. The van der Waals surface area contributed by atoms with Crippen LogP contribution in [0.5, 0.6) is 5.75 Å². The number of carbonyl (C=O) groups excluding carboxylic acids is 1. The Morgan fingerprint density at radius 2 is 1.70 bits per heavy atom. The number of benzene rings is 3. The van der Waals surface area contributed by atoms with Crippen LogP contribution in [0.15, 0.2) is 88.2 Å². The molecule has 0 bridgehead atoms. The summed E-state index contributed by atoms with van der Waals surface area (Å²) >= 11 is 3.35. The maximum absolute atomic E-state index is 13.4. The van der Waals surface area contributed by atoms with Crippen molar-refractivity contribution in [1.29, 1.82) is 0 Å². The minimum absolute atomic E-state index is 0.0894. The van der Waals surface area contributed by atoms with Gasteiger partial charge in [-0.1, -0.05) is 52.3 Å². The maximum Gasteiger partial charge on any atom is 0.264 e. The molecule has 1 N–H and O–H groups in total. The van der Waals surface area contributed by atoms with Crippen molar-refractivity contribution in [2.24, 2.45) is 0 Å². The zero-order valence-electron chi connectivity index (χ0n) is 16.3. The molecule has 0 heterocycles. The lowest BCUT2D eigenvalue weighted by Gasteiger charge is -2.26. The third-order valence-corrected chi connectivity index (χ3v) is 6.43. The summed E-state index contributed by atoms with van der Waals surface area (Å²) in [5, 5.41) is 2.74. The summed E-state index contributed by atoms with van der Waals surface area (Å²) in [7, 11) is -4.01. The number of rotatable bonds is 8. The van der Waals surface area contributed by atoms with E-state index in [1.165, 1.54) is 12.1 Å². The van der Waals surface area contributed by atoms with Crippen LogP contribution in [0.1, 0.15) is 6.92 Å². The molecule has 1 amide bonds. The highest BCUT2D eigenvalue weighted by molar-refractivity contribution is 9.10. The van der Waals surface area contributed by atoms with E-state index in [2.05, 4.69) is 21.2 Å². The number of nitrogens with zero attached hydrogens (tertiary/aromatic N) is 1. The first-order chi connectivity index (χ1) is 14.4. The molecule has 0 radical (unpaired) electrons. The van der Waals surface area contributed by atoms with E-state index in [4.69, 9.17) is 4.74 Å². The average molecular weight is 489 g/mol. The van der Waals surface area contributed by atoms with E-state index < -0.39 is 22.5 Å². The van der Waals surface area contributed by atoms with Crippen molar-refractivity contribution >= 4 is 43.2 Å². The lowest BCUT2D eigenvalue weighted by Crippen LogP contribution is -2.38. The van der Waals surface area contributed by atoms with Crippen molar-refractivity contribution in [3.8, 4) is 5.75 Å². The number of ether oxygens (including phenoxy) is 1. The molecule has 156 valence electrons. The fraction of sp³-hybridized carbons (Fsp3) is 0.136. The van der Waals surface area contributed by atoms with Crippen molar-refractivity contribution in [3.05, 3.63) is 83.3 Å². The molecule has 6 nitrogen and oxygen atoms in total. The van der Waals surface area contributed by atoms with Crippen LogP contribution in [-0.4, -0.2) is 27.5 Å². The van der Waals surface area contributed by atoms with E-state index in [0.717, 1.165) is 8.78 Å². The third kappa shape index (κ3) is 5.20. The van der Waals surface area contributed by atoms with E-state index in [9.17, 15) is 13.2 Å². The van der Waals surface area contributed by atoms with Crippen molar-refractivity contribution < 1.29 is 17.9 Å². The van der Waals surface area contributed by atoms with Crippen LogP contribution < -0.4 is 14.4 Å². The molecule has 8 heteroatoms. The molecule has 0 aliphatic heterocycles. The van der Waals surface area contributed by atoms with Crippen LogP contribution in [0.2, 0.25) is 0 Å². The quantitative estimate of drug-likeness (QED) is 0.499. The summed E-state index contributed by atoms with van der Waals surface area (Å²) < 4.78 is 34.3. The van der Waals surface area contributed by atoms with Gasteiger partial charge in [0, 0.05) is 10.2 Å². The smallest absolute Gasteiger partial charge is 0.264 e. The molecule has 30 heavy (non-hydrogen) atoms. The Labute approximate surface area is 184 Å². The van der Waals surface area contributed by atoms with Gasteiger partial charge in [-0.05, 0) is 49.4 Å². The number of carbonyl (C=O) groups is 1. The van der Waals surface area contributed by atoms with E-state index in [1.807, 2.05) is 13.0 Å². The second-order valence-electron chi connectivity index (χ2n) is 6.28. The minimum atomic E-state index is -4.01. The first-order valence-corrected chi connectivity index (χ1v) is 11.5. The van der Waals surface area contributed by atoms with Crippen molar-refractivity contribution in [2.75, 3.05) is 22.8 Å². The van der Waals surface area contributed by atoms with Gasteiger partial charge in [0.1, 0.15) is 12.3 Å². The van der Waals surface area contributed by atoms with Crippen LogP contribution in [0.3, 0.4) is 0 Å². The SMILES string of the molecule is CCOc1ccccc1N(CC(=O)Nc1cccc(Br)c1)S(=O)(=O)c1ccccc1. The Kier molecular flexibility index (Phi) is 7.12. The number of sulfonamides is 1. The fourth-order valence-electron chi connectivity index (χ4n) is 2.86. The highest BCUT2D eigenvalue weighted by Crippen LogP contribution is 2.32. The van der Waals surface area contributed by atoms with Gasteiger partial charge < -0.3 is 10.1 Å². The second-order valence-corrected chi connectivity index (χ2v) is 9.06. The molecule has 0 aromatic heterocycles. The Morgan fingerprint density at radius 3 is 2.40 bits per heavy atom. The Morgan fingerprint density at radius 1 is 1.00 bits per heavy atom. The summed E-state index contributed by atoms with van der Waals surface area (Å²) in [6.45, 7) is 1.76. The van der Waals surface area contributed by atoms with E-state index in [0.29, 0.717) is 23.7 Å². The number of amides is 1. The topological polar surface area (TPSA) is 75.7 Å². The highest BCUT2D eigenvalue weighted by Gasteiger charge is 2.29. The summed E-state index contributed by atoms with van der Waals surface area (Å²) in [6, 6.07) is 21.9. The fourth-order valence-corrected chi connectivity index (χ4v) is 4.71. The second kappa shape index (κ2) is 9.77. The molecule has 0 fully saturated rings. The van der Waals surface area contributed by atoms with Gasteiger partial charge in [0.05, 0.1) is 17.2 Å². The van der Waals surface area contributed by atoms with Gasteiger partial charge in [-0.3, -0.25) is 9.10 Å². The summed E-state index contributed by atoms with van der Waals surface area (Å²) in [4.78, 5) is 12.9. The first-order valence-electron chi connectivity index (χ1n) is 9.27. The zero-order chi connectivity index (χ0) is 21.6. The average Bonchev–Trinajstić information content (AvgIpc) is 2.73. The number of hydrogen-bond acceptors (Lipinski definition) is 4. The van der Waals surface area contributed by atoms with Crippen LogP contribution in [-0.2, 0) is 14.8 Å². The molecule has 3 aromatic carbocycles. The van der Waals surface area contributed by atoms with Gasteiger partial charge in [0.15, 0.2) is 0 Å². The maximum atomic E-state index is 13.4. The van der Waals surface area contributed by atoms with Crippen molar-refractivity contribution in [2.45, 2.75) is 11.8 Å². The van der Waals surface area contributed by atoms with Crippen molar-refractivity contribution in [1.82, 2.24) is 0 Å². The summed E-state index contributed by atoms with van der Waals surface area (Å²) in [5.41, 5.74) is 0.858. The monoisotopic (exact) mass is 488 g/mol. The lowest BCUT2D eigenvalue weighted by atomic mass is 10.3. The van der Waals surface area contributed by atoms with Gasteiger partial charge in [0.2, 0.25) is 5.91 Å². The van der Waals surface area contributed by atoms with Gasteiger partial charge in [-0.2, -0.15) is 0 Å². The molecular weight excluding hydrogens is 468 g/mol. The molecular formula is C22H21BrN2O4S. The van der Waals surface area contributed by atoms with Gasteiger partial charge in [0.25, 0.3) is 10.0 Å². The standard InChI is InChI=1S/C22H21BrN2O4S/c1-2-29-21-14-7-6-13-20(21)25(30(27,28)19-11-4-3-5-12-19)16-22(26)24-18-10-8-9-17(23)15-18/h3-15H,2,16H2,1H3,(H,24,26). The predicted molar refractivity (Wildman–Crippen MR) is 121 cm³/mol. The Balaban J connectivity index is 1.99. The molecule has 0 spiro atoms. The van der Waals surface area contributed by atoms with Crippen LogP contribution in [0.4, 0.5) is 11.4 Å². The number of hydrogen-bond donors (Lipinski definition) is 1. The van der Waals surface area contributed by atoms with E-state index in [-0.39, 0.29) is 4.90 Å². The zero-order valence-corrected chi connectivity index (χ0v) is 18.7. The van der Waals surface area contributed by atoms with Crippen LogP contribution in [0, 0.1) is 0 Å². The molecule has 3 aromatic rings. The first kappa shape index (κ1) is 21.9. The molecule has 0 saturated carbocycles. The van der Waals surface area contributed by atoms with Gasteiger partial charge in [-0.25, -0.2) is 8.42 Å². The highest BCUT2D eigenvalue weighted by atomic mass is 79.9. The largest absolute Gasteiger partial charge is 0.492 e. The van der Waals surface area contributed by atoms with Crippen LogP contribution in [0.25, 0.3) is 0 Å². The molecule has 0 aliphatic rings. The molecule has 0 aliphatic carbocycles. The molecule has 0 saturated heterocycles. The Bertz CT molecular complexity index is 1120. The third-order valence-electron chi connectivity index (χ3n) is 4.16. The minimum Gasteiger partial charge on any atom is -0.492 e. The van der Waals surface area contributed by atoms with E-state index >= 15 is 0 Å². The number of halogens is 1. The van der Waals surface area contributed by atoms with Gasteiger partial charge in [-0.15, -0.1) is 0 Å².